The average molecular weight is 297 g/mol. The number of nitrogens with one attached hydrogen (secondary N) is 2. The lowest BCUT2D eigenvalue weighted by molar-refractivity contribution is 0.0701. The highest BCUT2D eigenvalue weighted by molar-refractivity contribution is 7.13. The normalized spacial score (nSPS) is 15.7. The Morgan fingerprint density at radius 2 is 2.10 bits per heavy atom. The van der Waals surface area contributed by atoms with Gasteiger partial charge in [0.1, 0.15) is 9.88 Å². The standard InChI is InChI=1S/C13H19N3O3S/c1-3-13(4-5-13)7-15-12(19)14-6-9-16-8(2)10(20-9)11(17)18/h3-7H2,1-2H3,(H,17,18)(H2,14,15,19). The topological polar surface area (TPSA) is 91.3 Å². The van der Waals surface area contributed by atoms with Gasteiger partial charge in [0.2, 0.25) is 0 Å². The number of amides is 2. The molecule has 1 aliphatic carbocycles. The summed E-state index contributed by atoms with van der Waals surface area (Å²) in [6.07, 6.45) is 3.44. The molecule has 3 N–H and O–H groups in total. The Morgan fingerprint density at radius 3 is 2.60 bits per heavy atom. The van der Waals surface area contributed by atoms with Gasteiger partial charge in [-0.1, -0.05) is 6.92 Å². The Bertz CT molecular complexity index is 523. The van der Waals surface area contributed by atoms with Crippen LogP contribution in [0.2, 0.25) is 0 Å². The van der Waals surface area contributed by atoms with E-state index in [2.05, 4.69) is 22.5 Å². The molecular weight excluding hydrogens is 278 g/mol. The van der Waals surface area contributed by atoms with Crippen molar-refractivity contribution in [1.82, 2.24) is 15.6 Å². The predicted molar refractivity (Wildman–Crippen MR) is 76.0 cm³/mol. The first kappa shape index (κ1) is 14.8. The van der Waals surface area contributed by atoms with Crippen LogP contribution in [0.25, 0.3) is 0 Å². The molecule has 0 spiro atoms. The van der Waals surface area contributed by atoms with Crippen LogP contribution in [0.15, 0.2) is 0 Å². The Balaban J connectivity index is 1.78. The molecule has 7 heteroatoms. The van der Waals surface area contributed by atoms with E-state index in [1.165, 1.54) is 12.8 Å². The summed E-state index contributed by atoms with van der Waals surface area (Å²) in [5.41, 5.74) is 0.800. The van der Waals surface area contributed by atoms with Crippen molar-refractivity contribution in [1.29, 1.82) is 0 Å². The molecule has 0 unspecified atom stereocenters. The summed E-state index contributed by atoms with van der Waals surface area (Å²) in [5, 5.41) is 15.1. The van der Waals surface area contributed by atoms with Gasteiger partial charge in [-0.05, 0) is 31.6 Å². The van der Waals surface area contributed by atoms with Gasteiger partial charge in [0.05, 0.1) is 12.2 Å². The van der Waals surface area contributed by atoms with Crippen molar-refractivity contribution in [2.75, 3.05) is 6.54 Å². The summed E-state index contributed by atoms with van der Waals surface area (Å²) in [4.78, 5) is 26.9. The van der Waals surface area contributed by atoms with Crippen LogP contribution >= 0.6 is 11.3 Å². The van der Waals surface area contributed by atoms with E-state index in [0.717, 1.165) is 17.8 Å². The van der Waals surface area contributed by atoms with E-state index in [9.17, 15) is 9.59 Å². The summed E-state index contributed by atoms with van der Waals surface area (Å²) in [5.74, 6) is -0.977. The van der Waals surface area contributed by atoms with Gasteiger partial charge in [-0.25, -0.2) is 14.6 Å². The Labute approximate surface area is 121 Å². The fourth-order valence-electron chi connectivity index (χ4n) is 2.04. The number of nitrogens with zero attached hydrogens (tertiary/aromatic N) is 1. The number of aryl methyl sites for hydroxylation is 1. The van der Waals surface area contributed by atoms with Gasteiger partial charge in [0.25, 0.3) is 0 Å². The highest BCUT2D eigenvalue weighted by Crippen LogP contribution is 2.47. The second-order valence-corrected chi connectivity index (χ2v) is 6.30. The molecule has 1 aromatic rings. The molecule has 2 rings (SSSR count). The highest BCUT2D eigenvalue weighted by atomic mass is 32.1. The quantitative estimate of drug-likeness (QED) is 0.750. The van der Waals surface area contributed by atoms with E-state index in [4.69, 9.17) is 5.11 Å². The van der Waals surface area contributed by atoms with Crippen molar-refractivity contribution in [3.8, 4) is 0 Å². The van der Waals surface area contributed by atoms with E-state index >= 15 is 0 Å². The lowest BCUT2D eigenvalue weighted by atomic mass is 10.0. The molecular formula is C13H19N3O3S. The van der Waals surface area contributed by atoms with Crippen LogP contribution < -0.4 is 10.6 Å². The molecule has 6 nitrogen and oxygen atoms in total. The maximum Gasteiger partial charge on any atom is 0.347 e. The Hall–Kier alpha value is -1.63. The van der Waals surface area contributed by atoms with Gasteiger partial charge in [-0.2, -0.15) is 0 Å². The summed E-state index contributed by atoms with van der Waals surface area (Å²) < 4.78 is 0. The summed E-state index contributed by atoms with van der Waals surface area (Å²) in [6, 6.07) is -0.227. The number of carbonyl (C=O) groups is 2. The number of thiazole rings is 1. The zero-order valence-corrected chi connectivity index (χ0v) is 12.5. The van der Waals surface area contributed by atoms with E-state index in [-0.39, 0.29) is 17.5 Å². The molecule has 0 atom stereocenters. The number of hydrogen-bond acceptors (Lipinski definition) is 4. The van der Waals surface area contributed by atoms with Crippen molar-refractivity contribution < 1.29 is 14.7 Å². The van der Waals surface area contributed by atoms with E-state index in [1.807, 2.05) is 0 Å². The molecule has 0 aliphatic heterocycles. The molecule has 1 aromatic heterocycles. The van der Waals surface area contributed by atoms with Gasteiger partial charge in [-0.3, -0.25) is 0 Å². The van der Waals surface area contributed by atoms with Gasteiger partial charge in [-0.15, -0.1) is 11.3 Å². The summed E-state index contributed by atoms with van der Waals surface area (Å²) >= 11 is 1.10. The second kappa shape index (κ2) is 5.78. The number of carboxylic acids is 1. The van der Waals surface area contributed by atoms with Crippen LogP contribution in [-0.2, 0) is 6.54 Å². The van der Waals surface area contributed by atoms with Gasteiger partial charge in [0.15, 0.2) is 0 Å². The first-order chi connectivity index (χ1) is 9.46. The molecule has 1 heterocycles. The third-order valence-corrected chi connectivity index (χ3v) is 4.91. The maximum absolute atomic E-state index is 11.7. The maximum atomic E-state index is 11.7. The molecule has 1 saturated carbocycles. The van der Waals surface area contributed by atoms with E-state index in [0.29, 0.717) is 22.7 Å². The fraction of sp³-hybridized carbons (Fsp3) is 0.615. The number of carboxylic acid groups (broad SMARTS) is 1. The molecule has 20 heavy (non-hydrogen) atoms. The molecule has 1 aliphatic rings. The molecule has 110 valence electrons. The van der Waals surface area contributed by atoms with Crippen LogP contribution in [0.3, 0.4) is 0 Å². The zero-order valence-electron chi connectivity index (χ0n) is 11.7. The minimum absolute atomic E-state index is 0.227. The molecule has 1 fully saturated rings. The van der Waals surface area contributed by atoms with Crippen molar-refractivity contribution in [2.24, 2.45) is 5.41 Å². The SMILES string of the molecule is CCC1(CNC(=O)NCc2nc(C)c(C(=O)O)s2)CC1. The van der Waals surface area contributed by atoms with Crippen LogP contribution in [0.4, 0.5) is 4.79 Å². The lowest BCUT2D eigenvalue weighted by Gasteiger charge is -2.13. The first-order valence-electron chi connectivity index (χ1n) is 6.67. The first-order valence-corrected chi connectivity index (χ1v) is 7.49. The molecule has 2 amide bonds. The third-order valence-electron chi connectivity index (χ3n) is 3.77. The number of hydrogen-bond donors (Lipinski definition) is 3. The lowest BCUT2D eigenvalue weighted by Crippen LogP contribution is -2.38. The number of carbonyl (C=O) groups excluding carboxylic acids is 1. The molecule has 0 saturated heterocycles. The number of urea groups is 1. The van der Waals surface area contributed by atoms with Crippen LogP contribution in [-0.4, -0.2) is 28.6 Å². The van der Waals surface area contributed by atoms with Crippen LogP contribution in [0.1, 0.15) is 46.6 Å². The van der Waals surface area contributed by atoms with Crippen molar-refractivity contribution in [2.45, 2.75) is 39.7 Å². The Kier molecular flexibility index (Phi) is 4.27. The second-order valence-electron chi connectivity index (χ2n) is 5.22. The summed E-state index contributed by atoms with van der Waals surface area (Å²) in [6.45, 7) is 4.75. The van der Waals surface area contributed by atoms with Gasteiger partial charge in [0, 0.05) is 6.54 Å². The van der Waals surface area contributed by atoms with Gasteiger partial charge >= 0.3 is 12.0 Å². The minimum Gasteiger partial charge on any atom is -0.477 e. The Morgan fingerprint density at radius 1 is 1.40 bits per heavy atom. The highest BCUT2D eigenvalue weighted by Gasteiger charge is 2.40. The minimum atomic E-state index is -0.977. The van der Waals surface area contributed by atoms with Crippen LogP contribution in [0, 0.1) is 12.3 Å². The molecule has 0 aromatic carbocycles. The van der Waals surface area contributed by atoms with Crippen molar-refractivity contribution >= 4 is 23.3 Å². The van der Waals surface area contributed by atoms with E-state index < -0.39 is 5.97 Å². The van der Waals surface area contributed by atoms with Crippen molar-refractivity contribution in [3.63, 3.8) is 0 Å². The molecule has 0 bridgehead atoms. The van der Waals surface area contributed by atoms with Crippen LogP contribution in [0.5, 0.6) is 0 Å². The fourth-order valence-corrected chi connectivity index (χ4v) is 2.89. The van der Waals surface area contributed by atoms with Gasteiger partial charge < -0.3 is 15.7 Å². The van der Waals surface area contributed by atoms with Crippen molar-refractivity contribution in [3.05, 3.63) is 15.6 Å². The number of aromatic nitrogens is 1. The molecule has 0 radical (unpaired) electrons. The monoisotopic (exact) mass is 297 g/mol. The number of aromatic carboxylic acids is 1. The smallest absolute Gasteiger partial charge is 0.347 e. The largest absolute Gasteiger partial charge is 0.477 e. The third kappa shape index (κ3) is 3.47. The predicted octanol–water partition coefficient (Wildman–Crippen LogP) is 2.14. The zero-order chi connectivity index (χ0) is 14.8. The number of rotatable bonds is 6. The van der Waals surface area contributed by atoms with E-state index in [1.54, 1.807) is 6.92 Å². The average Bonchev–Trinajstić information content (AvgIpc) is 3.10. The summed E-state index contributed by atoms with van der Waals surface area (Å²) in [7, 11) is 0.